The van der Waals surface area contributed by atoms with E-state index in [1.165, 1.54) is 6.07 Å². The molecule has 1 aromatic rings. The van der Waals surface area contributed by atoms with Crippen molar-refractivity contribution >= 4 is 17.4 Å². The second kappa shape index (κ2) is 5.44. The fourth-order valence-corrected chi connectivity index (χ4v) is 2.53. The Morgan fingerprint density at radius 3 is 2.65 bits per heavy atom. The van der Waals surface area contributed by atoms with Crippen molar-refractivity contribution in [3.63, 3.8) is 0 Å². The Bertz CT molecular complexity index is 538. The Morgan fingerprint density at radius 1 is 1.45 bits per heavy atom. The third-order valence-electron chi connectivity index (χ3n) is 3.70. The van der Waals surface area contributed by atoms with Crippen molar-refractivity contribution in [3.05, 3.63) is 27.9 Å². The monoisotopic (exact) mass is 278 g/mol. The number of nitro groups is 1. The number of pyridine rings is 1. The topological polar surface area (TPSA) is 97.2 Å². The summed E-state index contributed by atoms with van der Waals surface area (Å²) >= 11 is 0. The van der Waals surface area contributed by atoms with Crippen LogP contribution in [0.1, 0.15) is 43.0 Å². The maximum Gasteiger partial charge on any atom is 0.300 e. The van der Waals surface area contributed by atoms with E-state index in [4.69, 9.17) is 0 Å². The molecule has 2 N–H and O–H groups in total. The summed E-state index contributed by atoms with van der Waals surface area (Å²) in [6, 6.07) is 1.41. The minimum atomic E-state index is -0.585. The molecule has 1 amide bonds. The maximum absolute atomic E-state index is 12.3. The van der Waals surface area contributed by atoms with Gasteiger partial charge in [-0.25, -0.2) is 4.98 Å². The van der Waals surface area contributed by atoms with Gasteiger partial charge in [-0.3, -0.25) is 14.9 Å². The number of hydrogen-bond acceptors (Lipinski definition) is 5. The number of amides is 1. The van der Waals surface area contributed by atoms with Gasteiger partial charge in [-0.2, -0.15) is 0 Å². The molecule has 2 rings (SSSR count). The molecule has 0 aliphatic heterocycles. The van der Waals surface area contributed by atoms with E-state index in [9.17, 15) is 14.9 Å². The second-order valence-electron chi connectivity index (χ2n) is 5.32. The molecule has 1 fully saturated rings. The minimum Gasteiger partial charge on any atom is -0.373 e. The van der Waals surface area contributed by atoms with E-state index in [-0.39, 0.29) is 16.8 Å². The first kappa shape index (κ1) is 14.2. The van der Waals surface area contributed by atoms with Gasteiger partial charge in [-0.15, -0.1) is 0 Å². The molecule has 108 valence electrons. The normalized spacial score (nSPS) is 16.7. The highest BCUT2D eigenvalue weighted by Crippen LogP contribution is 2.30. The van der Waals surface area contributed by atoms with Crippen LogP contribution in [0.4, 0.5) is 11.5 Å². The Labute approximate surface area is 116 Å². The summed E-state index contributed by atoms with van der Waals surface area (Å²) in [7, 11) is 1.65. The van der Waals surface area contributed by atoms with Crippen LogP contribution in [0.2, 0.25) is 0 Å². The Balaban J connectivity index is 2.29. The SMILES string of the molecule is CNc1cc(C(=O)NC2(C)CCCC2)c([N+](=O)[O-])cn1. The number of nitrogens with one attached hydrogen (secondary N) is 2. The molecule has 7 nitrogen and oxygen atoms in total. The Hall–Kier alpha value is -2.18. The van der Waals surface area contributed by atoms with Crippen molar-refractivity contribution < 1.29 is 9.72 Å². The molecule has 7 heteroatoms. The first-order valence-electron chi connectivity index (χ1n) is 6.60. The average Bonchev–Trinajstić information content (AvgIpc) is 2.84. The quantitative estimate of drug-likeness (QED) is 0.649. The van der Waals surface area contributed by atoms with Crippen LogP contribution < -0.4 is 10.6 Å². The van der Waals surface area contributed by atoms with Crippen molar-refractivity contribution in [1.82, 2.24) is 10.3 Å². The molecule has 0 saturated heterocycles. The summed E-state index contributed by atoms with van der Waals surface area (Å²) in [5, 5.41) is 16.7. The first-order chi connectivity index (χ1) is 9.45. The number of rotatable bonds is 4. The first-order valence-corrected chi connectivity index (χ1v) is 6.60. The van der Waals surface area contributed by atoms with E-state index in [2.05, 4.69) is 15.6 Å². The van der Waals surface area contributed by atoms with Crippen molar-refractivity contribution in [2.75, 3.05) is 12.4 Å². The standard InChI is InChI=1S/C13H18N4O3/c1-13(5-3-4-6-13)16-12(18)9-7-11(14-2)15-8-10(9)17(19)20/h7-8H,3-6H2,1-2H3,(H,14,15)(H,16,18). The molecule has 0 unspecified atom stereocenters. The fourth-order valence-electron chi connectivity index (χ4n) is 2.53. The number of hydrogen-bond donors (Lipinski definition) is 2. The summed E-state index contributed by atoms with van der Waals surface area (Å²) < 4.78 is 0. The number of carbonyl (C=O) groups excluding carboxylic acids is 1. The van der Waals surface area contributed by atoms with Gasteiger partial charge >= 0.3 is 0 Å². The molecule has 1 heterocycles. The molecular formula is C13H18N4O3. The van der Waals surface area contributed by atoms with Gasteiger partial charge < -0.3 is 10.6 Å². The number of aromatic nitrogens is 1. The summed E-state index contributed by atoms with van der Waals surface area (Å²) in [4.78, 5) is 26.6. The third kappa shape index (κ3) is 2.87. The molecule has 0 aromatic carbocycles. The molecule has 1 aromatic heterocycles. The molecule has 1 aliphatic carbocycles. The lowest BCUT2D eigenvalue weighted by molar-refractivity contribution is -0.385. The molecule has 0 atom stereocenters. The summed E-state index contributed by atoms with van der Waals surface area (Å²) in [6.45, 7) is 1.98. The highest BCUT2D eigenvalue weighted by atomic mass is 16.6. The summed E-state index contributed by atoms with van der Waals surface area (Å²) in [5.74, 6) is 0.0114. The average molecular weight is 278 g/mol. The number of carbonyl (C=O) groups is 1. The molecule has 0 spiro atoms. The van der Waals surface area contributed by atoms with Gasteiger partial charge in [-0.1, -0.05) is 12.8 Å². The van der Waals surface area contributed by atoms with E-state index in [1.807, 2.05) is 6.92 Å². The van der Waals surface area contributed by atoms with Crippen LogP contribution in [0.5, 0.6) is 0 Å². The van der Waals surface area contributed by atoms with Crippen molar-refractivity contribution in [1.29, 1.82) is 0 Å². The largest absolute Gasteiger partial charge is 0.373 e. The predicted molar refractivity (Wildman–Crippen MR) is 74.8 cm³/mol. The molecule has 0 radical (unpaired) electrons. The van der Waals surface area contributed by atoms with Crippen LogP contribution in [0, 0.1) is 10.1 Å². The predicted octanol–water partition coefficient (Wildman–Crippen LogP) is 2.09. The van der Waals surface area contributed by atoms with Gasteiger partial charge in [0.1, 0.15) is 17.6 Å². The van der Waals surface area contributed by atoms with Crippen LogP contribution in [0.15, 0.2) is 12.3 Å². The van der Waals surface area contributed by atoms with E-state index in [0.29, 0.717) is 5.82 Å². The maximum atomic E-state index is 12.3. The van der Waals surface area contributed by atoms with Gasteiger partial charge in [0.05, 0.1) is 4.92 Å². The summed E-state index contributed by atoms with van der Waals surface area (Å²) in [6.07, 6.45) is 5.04. The van der Waals surface area contributed by atoms with Crippen LogP contribution in [0.3, 0.4) is 0 Å². The zero-order valence-electron chi connectivity index (χ0n) is 11.6. The van der Waals surface area contributed by atoms with E-state index >= 15 is 0 Å². The van der Waals surface area contributed by atoms with Crippen molar-refractivity contribution in [2.45, 2.75) is 38.1 Å². The van der Waals surface area contributed by atoms with Crippen LogP contribution >= 0.6 is 0 Å². The van der Waals surface area contributed by atoms with Crippen molar-refractivity contribution in [3.8, 4) is 0 Å². The van der Waals surface area contributed by atoms with Crippen LogP contribution in [-0.2, 0) is 0 Å². The fraction of sp³-hybridized carbons (Fsp3) is 0.538. The molecular weight excluding hydrogens is 260 g/mol. The number of nitrogens with zero attached hydrogens (tertiary/aromatic N) is 2. The Morgan fingerprint density at radius 2 is 2.10 bits per heavy atom. The van der Waals surface area contributed by atoms with Crippen LogP contribution in [0.25, 0.3) is 0 Å². The Kier molecular flexibility index (Phi) is 3.87. The van der Waals surface area contributed by atoms with Gasteiger partial charge in [-0.05, 0) is 19.8 Å². The van der Waals surface area contributed by atoms with Crippen molar-refractivity contribution in [2.24, 2.45) is 0 Å². The lowest BCUT2D eigenvalue weighted by Gasteiger charge is -2.25. The van der Waals surface area contributed by atoms with Crippen LogP contribution in [-0.4, -0.2) is 28.4 Å². The van der Waals surface area contributed by atoms with Gasteiger partial charge in [0, 0.05) is 18.7 Å². The zero-order chi connectivity index (χ0) is 14.8. The van der Waals surface area contributed by atoms with Gasteiger partial charge in [0.25, 0.3) is 11.6 Å². The van der Waals surface area contributed by atoms with Gasteiger partial charge in [0.15, 0.2) is 0 Å². The molecule has 1 aliphatic rings. The molecule has 20 heavy (non-hydrogen) atoms. The minimum absolute atomic E-state index is 0.0440. The van der Waals surface area contributed by atoms with E-state index in [1.54, 1.807) is 7.05 Å². The lowest BCUT2D eigenvalue weighted by atomic mass is 10.00. The summed E-state index contributed by atoms with van der Waals surface area (Å²) in [5.41, 5.74) is -0.501. The molecule has 0 bridgehead atoms. The van der Waals surface area contributed by atoms with E-state index in [0.717, 1.165) is 31.9 Å². The van der Waals surface area contributed by atoms with Gasteiger partial charge in [0.2, 0.25) is 0 Å². The van der Waals surface area contributed by atoms with E-state index < -0.39 is 10.8 Å². The lowest BCUT2D eigenvalue weighted by Crippen LogP contribution is -2.43. The highest BCUT2D eigenvalue weighted by Gasteiger charge is 2.32. The zero-order valence-corrected chi connectivity index (χ0v) is 11.6. The number of anilines is 1. The second-order valence-corrected chi connectivity index (χ2v) is 5.32. The molecule has 1 saturated carbocycles. The third-order valence-corrected chi connectivity index (χ3v) is 3.70. The highest BCUT2D eigenvalue weighted by molar-refractivity contribution is 5.99. The smallest absolute Gasteiger partial charge is 0.300 e.